The highest BCUT2D eigenvalue weighted by atomic mass is 19.1. The Bertz CT molecular complexity index is 1580. The van der Waals surface area contributed by atoms with E-state index in [1.807, 2.05) is 30.0 Å². The predicted molar refractivity (Wildman–Crippen MR) is 159 cm³/mol. The molecule has 1 aliphatic heterocycles. The molecule has 1 saturated heterocycles. The first-order chi connectivity index (χ1) is 19.6. The molecule has 1 amide bonds. The molecular formula is C32H39FN6O2. The smallest absolute Gasteiger partial charge is 0.261 e. The number of aliphatic imine (C=N–C) groups is 1. The number of aryl methyl sites for hydroxylation is 3. The van der Waals surface area contributed by atoms with Gasteiger partial charge in [0, 0.05) is 25.3 Å². The number of piperazine rings is 1. The molecule has 7 rings (SSSR count). The van der Waals surface area contributed by atoms with E-state index >= 15 is 0 Å². The monoisotopic (exact) mass is 558 g/mol. The molecule has 0 spiro atoms. The van der Waals surface area contributed by atoms with Crippen LogP contribution in [0.15, 0.2) is 52.5 Å². The van der Waals surface area contributed by atoms with Gasteiger partial charge in [-0.05, 0) is 84.7 Å². The lowest BCUT2D eigenvalue weighted by atomic mass is 9.45. The summed E-state index contributed by atoms with van der Waals surface area (Å²) < 4.78 is 15.8. The maximum absolute atomic E-state index is 14.3. The molecule has 9 heteroatoms. The maximum Gasteiger partial charge on any atom is 0.261 e. The Morgan fingerprint density at radius 1 is 1.20 bits per heavy atom. The molecule has 216 valence electrons. The molecule has 3 aliphatic carbocycles. The van der Waals surface area contributed by atoms with Crippen LogP contribution in [0.25, 0.3) is 10.9 Å². The van der Waals surface area contributed by atoms with Crippen LogP contribution in [0.2, 0.25) is 0 Å². The lowest BCUT2D eigenvalue weighted by Crippen LogP contribution is -2.57. The van der Waals surface area contributed by atoms with Crippen LogP contribution in [-0.4, -0.2) is 52.0 Å². The third kappa shape index (κ3) is 5.22. The topological polar surface area (TPSA) is 91.6 Å². The SMILES string of the molecule is Cc1ccc(CCn2cnc3cc(NC(=NC4CC5CC(C4C)C5(C)C)N4CCNC(=O)C4)ccc3c2=O)c(F)c1. The number of carbonyl (C=O) groups excluding carboxylic acids is 1. The molecule has 2 bridgehead atoms. The molecule has 8 nitrogen and oxygen atoms in total. The van der Waals surface area contributed by atoms with Gasteiger partial charge in [0.25, 0.3) is 5.56 Å². The molecule has 2 aromatic carbocycles. The maximum atomic E-state index is 14.3. The van der Waals surface area contributed by atoms with E-state index in [9.17, 15) is 14.0 Å². The molecule has 41 heavy (non-hydrogen) atoms. The van der Waals surface area contributed by atoms with Crippen molar-refractivity contribution in [3.63, 3.8) is 0 Å². The number of aromatic nitrogens is 2. The summed E-state index contributed by atoms with van der Waals surface area (Å²) >= 11 is 0. The minimum Gasteiger partial charge on any atom is -0.353 e. The zero-order chi connectivity index (χ0) is 28.9. The average Bonchev–Trinajstić information content (AvgIpc) is 2.94. The van der Waals surface area contributed by atoms with Gasteiger partial charge < -0.3 is 15.5 Å². The number of halogens is 1. The van der Waals surface area contributed by atoms with Crippen LogP contribution in [0.4, 0.5) is 10.1 Å². The number of hydrogen-bond acceptors (Lipinski definition) is 4. The van der Waals surface area contributed by atoms with Gasteiger partial charge in [-0.25, -0.2) is 14.4 Å². The van der Waals surface area contributed by atoms with Crippen molar-refractivity contribution in [2.45, 2.75) is 59.5 Å². The molecular weight excluding hydrogens is 519 g/mol. The molecule has 4 aliphatic rings. The number of fused-ring (bicyclic) bond motifs is 3. The molecule has 4 atom stereocenters. The van der Waals surface area contributed by atoms with Gasteiger partial charge in [-0.15, -0.1) is 0 Å². The largest absolute Gasteiger partial charge is 0.353 e. The predicted octanol–water partition coefficient (Wildman–Crippen LogP) is 4.36. The molecule has 4 fully saturated rings. The Morgan fingerprint density at radius 3 is 2.76 bits per heavy atom. The minimum atomic E-state index is -0.255. The highest BCUT2D eigenvalue weighted by molar-refractivity contribution is 5.98. The fourth-order valence-corrected chi connectivity index (χ4v) is 7.08. The van der Waals surface area contributed by atoms with Gasteiger partial charge in [-0.3, -0.25) is 14.2 Å². The van der Waals surface area contributed by atoms with Crippen LogP contribution < -0.4 is 16.2 Å². The van der Waals surface area contributed by atoms with E-state index in [0.29, 0.717) is 71.6 Å². The van der Waals surface area contributed by atoms with Crippen LogP contribution in [0.5, 0.6) is 0 Å². The first kappa shape index (κ1) is 27.4. The number of benzene rings is 2. The number of hydrogen-bond donors (Lipinski definition) is 2. The van der Waals surface area contributed by atoms with Crippen molar-refractivity contribution in [1.82, 2.24) is 19.8 Å². The Kier molecular flexibility index (Phi) is 7.08. The quantitative estimate of drug-likeness (QED) is 0.359. The number of nitrogens with zero attached hydrogens (tertiary/aromatic N) is 4. The van der Waals surface area contributed by atoms with Crippen LogP contribution >= 0.6 is 0 Å². The zero-order valence-electron chi connectivity index (χ0n) is 24.3. The number of guanidine groups is 1. The van der Waals surface area contributed by atoms with Crippen LogP contribution in [0, 0.1) is 35.9 Å². The summed E-state index contributed by atoms with van der Waals surface area (Å²) in [5.74, 6) is 2.24. The summed E-state index contributed by atoms with van der Waals surface area (Å²) in [7, 11) is 0. The molecule has 4 unspecified atom stereocenters. The van der Waals surface area contributed by atoms with Crippen LogP contribution in [0.3, 0.4) is 0 Å². The fourth-order valence-electron chi connectivity index (χ4n) is 7.08. The average molecular weight is 559 g/mol. The molecule has 2 heterocycles. The summed E-state index contributed by atoms with van der Waals surface area (Å²) in [6.45, 7) is 10.8. The molecule has 2 N–H and O–H groups in total. The van der Waals surface area contributed by atoms with E-state index in [1.54, 1.807) is 12.1 Å². The van der Waals surface area contributed by atoms with Crippen molar-refractivity contribution in [3.05, 3.63) is 70.0 Å². The third-order valence-corrected chi connectivity index (χ3v) is 9.85. The van der Waals surface area contributed by atoms with Crippen LogP contribution in [-0.2, 0) is 17.8 Å². The van der Waals surface area contributed by atoms with E-state index in [0.717, 1.165) is 17.7 Å². The summed E-state index contributed by atoms with van der Waals surface area (Å²) in [4.78, 5) is 37.3. The molecule has 3 saturated carbocycles. The third-order valence-electron chi connectivity index (χ3n) is 9.85. The fraction of sp³-hybridized carbons (Fsp3) is 0.500. The van der Waals surface area contributed by atoms with Gasteiger partial charge in [-0.2, -0.15) is 0 Å². The van der Waals surface area contributed by atoms with Crippen molar-refractivity contribution >= 4 is 28.5 Å². The van der Waals surface area contributed by atoms with Crippen molar-refractivity contribution < 1.29 is 9.18 Å². The van der Waals surface area contributed by atoms with Crippen molar-refractivity contribution in [2.24, 2.45) is 28.2 Å². The minimum absolute atomic E-state index is 0.0160. The van der Waals surface area contributed by atoms with Gasteiger partial charge in [-0.1, -0.05) is 32.9 Å². The van der Waals surface area contributed by atoms with E-state index in [2.05, 4.69) is 36.4 Å². The van der Waals surface area contributed by atoms with Gasteiger partial charge in [0.1, 0.15) is 5.82 Å². The summed E-state index contributed by atoms with van der Waals surface area (Å²) in [5.41, 5.74) is 2.99. The number of carbonyl (C=O) groups is 1. The zero-order valence-corrected chi connectivity index (χ0v) is 24.3. The normalized spacial score (nSPS) is 25.5. The first-order valence-corrected chi connectivity index (χ1v) is 14.7. The van der Waals surface area contributed by atoms with E-state index in [-0.39, 0.29) is 29.9 Å². The summed E-state index contributed by atoms with van der Waals surface area (Å²) in [5, 5.41) is 6.88. The lowest BCUT2D eigenvalue weighted by molar-refractivity contribution is -0.122. The van der Waals surface area contributed by atoms with Gasteiger partial charge >= 0.3 is 0 Å². The van der Waals surface area contributed by atoms with Gasteiger partial charge in [0.05, 0.1) is 29.8 Å². The van der Waals surface area contributed by atoms with Crippen LogP contribution in [0.1, 0.15) is 44.7 Å². The summed E-state index contributed by atoms with van der Waals surface area (Å²) in [6.07, 6.45) is 4.27. The van der Waals surface area contributed by atoms with E-state index in [4.69, 9.17) is 4.99 Å². The van der Waals surface area contributed by atoms with E-state index < -0.39 is 0 Å². The second kappa shape index (κ2) is 10.6. The van der Waals surface area contributed by atoms with Crippen molar-refractivity contribution in [2.75, 3.05) is 25.0 Å². The Morgan fingerprint density at radius 2 is 2.02 bits per heavy atom. The molecule has 1 aromatic heterocycles. The van der Waals surface area contributed by atoms with Gasteiger partial charge in [0.2, 0.25) is 5.91 Å². The molecule has 0 radical (unpaired) electrons. The summed E-state index contributed by atoms with van der Waals surface area (Å²) in [6, 6.07) is 10.8. The Balaban J connectivity index is 1.24. The Hall–Kier alpha value is -3.75. The highest BCUT2D eigenvalue weighted by Gasteiger charge is 2.56. The first-order valence-electron chi connectivity index (χ1n) is 14.7. The van der Waals surface area contributed by atoms with Crippen molar-refractivity contribution in [3.8, 4) is 0 Å². The number of amides is 1. The molecule has 3 aromatic rings. The number of anilines is 1. The lowest BCUT2D eigenvalue weighted by Gasteiger charge is -2.61. The number of nitrogens with one attached hydrogen (secondary N) is 2. The van der Waals surface area contributed by atoms with Crippen molar-refractivity contribution in [1.29, 1.82) is 0 Å². The standard InChI is InChI=1S/C32H39FN6O2/c1-19-5-6-21(26(33)13-19)9-11-39-18-35-28-16-23(7-8-24(28)30(39)41)36-31(38-12-10-34-29(40)17-38)37-27-15-22-14-25(20(27)2)32(22,3)4/h5-8,13,16,18,20,22,25,27H,9-12,14-15,17H2,1-4H3,(H,34,40)(H,36,37). The highest BCUT2D eigenvalue weighted by Crippen LogP contribution is 2.61. The Labute approximate surface area is 240 Å². The number of rotatable bonds is 5. The van der Waals surface area contributed by atoms with E-state index in [1.165, 1.54) is 23.4 Å². The second-order valence-corrected chi connectivity index (χ2v) is 12.7. The second-order valence-electron chi connectivity index (χ2n) is 12.7. The van der Waals surface area contributed by atoms with Gasteiger partial charge in [0.15, 0.2) is 5.96 Å².